The van der Waals surface area contributed by atoms with Crippen LogP contribution in [0.1, 0.15) is 18.1 Å². The van der Waals surface area contributed by atoms with Gasteiger partial charge in [-0.25, -0.2) is 0 Å². The Morgan fingerprint density at radius 1 is 1.19 bits per heavy atom. The summed E-state index contributed by atoms with van der Waals surface area (Å²) in [5.74, 6) is 1.44. The van der Waals surface area contributed by atoms with Crippen LogP contribution in [0.25, 0.3) is 6.08 Å². The van der Waals surface area contributed by atoms with E-state index >= 15 is 0 Å². The standard InChI is InChI=1S/C20H19NO3S2/c1-4-24-16-9-7-15(8-10-16)21-19(22)18(26-20(21)25)12-14-6-5-13(2)17(11-14)23-3/h5-12H,4H2,1-3H3/b18-12+. The minimum absolute atomic E-state index is 0.122. The molecule has 1 amide bonds. The molecule has 0 radical (unpaired) electrons. The Labute approximate surface area is 162 Å². The van der Waals surface area contributed by atoms with Gasteiger partial charge < -0.3 is 9.47 Å². The second-order valence-corrected chi connectivity index (χ2v) is 7.35. The Balaban J connectivity index is 1.86. The Morgan fingerprint density at radius 3 is 2.58 bits per heavy atom. The molecule has 3 rings (SSSR count). The van der Waals surface area contributed by atoms with E-state index in [9.17, 15) is 4.79 Å². The van der Waals surface area contributed by atoms with Crippen LogP contribution in [0.2, 0.25) is 0 Å². The van der Waals surface area contributed by atoms with Crippen molar-refractivity contribution < 1.29 is 14.3 Å². The van der Waals surface area contributed by atoms with E-state index < -0.39 is 0 Å². The van der Waals surface area contributed by atoms with Crippen molar-refractivity contribution in [3.8, 4) is 11.5 Å². The second-order valence-electron chi connectivity index (χ2n) is 5.67. The van der Waals surface area contributed by atoms with Crippen LogP contribution in [0.3, 0.4) is 0 Å². The molecule has 6 heteroatoms. The molecule has 26 heavy (non-hydrogen) atoms. The van der Waals surface area contributed by atoms with E-state index in [2.05, 4.69) is 0 Å². The van der Waals surface area contributed by atoms with Crippen molar-refractivity contribution in [1.82, 2.24) is 0 Å². The van der Waals surface area contributed by atoms with Gasteiger partial charge in [-0.05, 0) is 61.4 Å². The van der Waals surface area contributed by atoms with Crippen LogP contribution in [0.5, 0.6) is 11.5 Å². The number of anilines is 1. The molecule has 1 aliphatic rings. The summed E-state index contributed by atoms with van der Waals surface area (Å²) in [6.07, 6.45) is 1.84. The number of nitrogens with zero attached hydrogens (tertiary/aromatic N) is 1. The van der Waals surface area contributed by atoms with E-state index in [4.69, 9.17) is 21.7 Å². The Kier molecular flexibility index (Phi) is 5.64. The van der Waals surface area contributed by atoms with Gasteiger partial charge in [0.15, 0.2) is 4.32 Å². The van der Waals surface area contributed by atoms with Crippen molar-refractivity contribution in [2.45, 2.75) is 13.8 Å². The number of thiocarbonyl (C=S) groups is 1. The van der Waals surface area contributed by atoms with Crippen molar-refractivity contribution in [1.29, 1.82) is 0 Å². The SMILES string of the molecule is CCOc1ccc(N2C(=O)/C(=C\c3ccc(C)c(OC)c3)SC2=S)cc1. The highest BCUT2D eigenvalue weighted by molar-refractivity contribution is 8.27. The average Bonchev–Trinajstić information content (AvgIpc) is 2.91. The van der Waals surface area contributed by atoms with Gasteiger partial charge in [0.25, 0.3) is 5.91 Å². The first-order chi connectivity index (χ1) is 12.5. The van der Waals surface area contributed by atoms with E-state index in [0.29, 0.717) is 15.8 Å². The Morgan fingerprint density at radius 2 is 1.92 bits per heavy atom. The predicted molar refractivity (Wildman–Crippen MR) is 111 cm³/mol. The van der Waals surface area contributed by atoms with Crippen molar-refractivity contribution in [2.24, 2.45) is 0 Å². The lowest BCUT2D eigenvalue weighted by atomic mass is 10.1. The topological polar surface area (TPSA) is 38.8 Å². The number of ether oxygens (including phenoxy) is 2. The molecule has 0 aromatic heterocycles. The smallest absolute Gasteiger partial charge is 0.270 e. The van der Waals surface area contributed by atoms with Crippen LogP contribution in [-0.2, 0) is 4.79 Å². The highest BCUT2D eigenvalue weighted by Crippen LogP contribution is 2.37. The number of amides is 1. The van der Waals surface area contributed by atoms with Gasteiger partial charge in [-0.3, -0.25) is 9.69 Å². The summed E-state index contributed by atoms with van der Waals surface area (Å²) >= 11 is 6.72. The molecule has 1 aliphatic heterocycles. The zero-order valence-electron chi connectivity index (χ0n) is 14.8. The minimum atomic E-state index is -0.122. The fraction of sp³-hybridized carbons (Fsp3) is 0.200. The Hall–Kier alpha value is -2.31. The van der Waals surface area contributed by atoms with E-state index in [0.717, 1.165) is 28.3 Å². The van der Waals surface area contributed by atoms with Gasteiger partial charge in [0.1, 0.15) is 11.5 Å². The normalized spacial score (nSPS) is 15.7. The first-order valence-corrected chi connectivity index (χ1v) is 9.41. The molecule has 1 fully saturated rings. The quantitative estimate of drug-likeness (QED) is 0.546. The van der Waals surface area contributed by atoms with Crippen LogP contribution >= 0.6 is 24.0 Å². The molecule has 2 aromatic carbocycles. The summed E-state index contributed by atoms with van der Waals surface area (Å²) in [5, 5.41) is 0. The van der Waals surface area contributed by atoms with Crippen molar-refractivity contribution >= 4 is 46.0 Å². The van der Waals surface area contributed by atoms with Gasteiger partial charge in [0, 0.05) is 0 Å². The first-order valence-electron chi connectivity index (χ1n) is 8.19. The van der Waals surface area contributed by atoms with E-state index in [-0.39, 0.29) is 5.91 Å². The molecule has 0 bridgehead atoms. The molecular weight excluding hydrogens is 366 g/mol. The number of carbonyl (C=O) groups is 1. The van der Waals surface area contributed by atoms with Crippen LogP contribution in [-0.4, -0.2) is 23.9 Å². The number of carbonyl (C=O) groups excluding carboxylic acids is 1. The number of hydrogen-bond donors (Lipinski definition) is 0. The predicted octanol–water partition coefficient (Wildman–Crippen LogP) is 4.81. The van der Waals surface area contributed by atoms with Gasteiger partial charge in [0.2, 0.25) is 0 Å². The molecule has 134 valence electrons. The molecule has 0 atom stereocenters. The molecule has 0 spiro atoms. The molecule has 0 saturated carbocycles. The van der Waals surface area contributed by atoms with Crippen molar-refractivity contribution in [3.63, 3.8) is 0 Å². The fourth-order valence-electron chi connectivity index (χ4n) is 2.63. The van der Waals surface area contributed by atoms with Crippen LogP contribution in [0.15, 0.2) is 47.4 Å². The number of rotatable bonds is 5. The zero-order chi connectivity index (χ0) is 18.7. The van der Waals surface area contributed by atoms with E-state index in [1.54, 1.807) is 12.0 Å². The molecule has 1 heterocycles. The zero-order valence-corrected chi connectivity index (χ0v) is 16.4. The second kappa shape index (κ2) is 7.93. The molecular formula is C20H19NO3S2. The third-order valence-electron chi connectivity index (χ3n) is 3.93. The van der Waals surface area contributed by atoms with Crippen LogP contribution < -0.4 is 14.4 Å². The maximum atomic E-state index is 12.8. The van der Waals surface area contributed by atoms with Gasteiger partial charge >= 0.3 is 0 Å². The molecule has 4 nitrogen and oxygen atoms in total. The van der Waals surface area contributed by atoms with E-state index in [1.165, 1.54) is 11.8 Å². The maximum Gasteiger partial charge on any atom is 0.270 e. The van der Waals surface area contributed by atoms with Crippen molar-refractivity contribution in [3.05, 3.63) is 58.5 Å². The van der Waals surface area contributed by atoms with Crippen molar-refractivity contribution in [2.75, 3.05) is 18.6 Å². The largest absolute Gasteiger partial charge is 0.496 e. The van der Waals surface area contributed by atoms with Crippen LogP contribution in [0, 0.1) is 6.92 Å². The van der Waals surface area contributed by atoms with Gasteiger partial charge in [0.05, 0.1) is 24.3 Å². The summed E-state index contributed by atoms with van der Waals surface area (Å²) in [7, 11) is 1.64. The molecule has 0 aliphatic carbocycles. The molecule has 1 saturated heterocycles. The highest BCUT2D eigenvalue weighted by Gasteiger charge is 2.33. The van der Waals surface area contributed by atoms with Crippen LogP contribution in [0.4, 0.5) is 5.69 Å². The minimum Gasteiger partial charge on any atom is -0.496 e. The summed E-state index contributed by atoms with van der Waals surface area (Å²) in [5.41, 5.74) is 2.69. The highest BCUT2D eigenvalue weighted by atomic mass is 32.2. The van der Waals surface area contributed by atoms with Gasteiger partial charge in [-0.2, -0.15) is 0 Å². The number of aryl methyl sites for hydroxylation is 1. The molecule has 0 N–H and O–H groups in total. The summed E-state index contributed by atoms with van der Waals surface area (Å²) in [4.78, 5) is 15.0. The fourth-order valence-corrected chi connectivity index (χ4v) is 3.93. The molecule has 2 aromatic rings. The third kappa shape index (κ3) is 3.76. The lowest BCUT2D eigenvalue weighted by Gasteiger charge is -2.15. The van der Waals surface area contributed by atoms with Gasteiger partial charge in [-0.1, -0.05) is 36.1 Å². The third-order valence-corrected chi connectivity index (χ3v) is 5.23. The summed E-state index contributed by atoms with van der Waals surface area (Å²) < 4.78 is 11.3. The number of methoxy groups -OCH3 is 1. The number of thioether (sulfide) groups is 1. The number of hydrogen-bond acceptors (Lipinski definition) is 5. The first kappa shape index (κ1) is 18.5. The Bertz CT molecular complexity index is 875. The monoisotopic (exact) mass is 385 g/mol. The lowest BCUT2D eigenvalue weighted by Crippen LogP contribution is -2.27. The average molecular weight is 386 g/mol. The van der Waals surface area contributed by atoms with Gasteiger partial charge in [-0.15, -0.1) is 0 Å². The summed E-state index contributed by atoms with van der Waals surface area (Å²) in [6, 6.07) is 13.2. The maximum absolute atomic E-state index is 12.8. The van der Waals surface area contributed by atoms with E-state index in [1.807, 2.05) is 62.4 Å². The summed E-state index contributed by atoms with van der Waals surface area (Å²) in [6.45, 7) is 4.51. The molecule has 0 unspecified atom stereocenters. The lowest BCUT2D eigenvalue weighted by molar-refractivity contribution is -0.113. The number of benzene rings is 2.